The van der Waals surface area contributed by atoms with Crippen molar-refractivity contribution in [1.29, 1.82) is 0 Å². The van der Waals surface area contributed by atoms with Gasteiger partial charge >= 0.3 is 0 Å². The first kappa shape index (κ1) is 14.0. The van der Waals surface area contributed by atoms with Gasteiger partial charge in [0.15, 0.2) is 0 Å². The van der Waals surface area contributed by atoms with E-state index in [1.807, 2.05) is 24.3 Å². The number of hydrogen-bond acceptors (Lipinski definition) is 1. The summed E-state index contributed by atoms with van der Waals surface area (Å²) in [6, 6.07) is 7.47. The minimum atomic E-state index is -0.172. The lowest BCUT2D eigenvalue weighted by Gasteiger charge is -2.06. The van der Waals surface area contributed by atoms with Crippen molar-refractivity contribution in [3.05, 3.63) is 29.8 Å². The smallest absolute Gasteiger partial charge is 0.119 e. The summed E-state index contributed by atoms with van der Waals surface area (Å²) in [6.45, 7) is 2.81. The van der Waals surface area contributed by atoms with Gasteiger partial charge in [-0.1, -0.05) is 51.2 Å². The maximum Gasteiger partial charge on any atom is 0.119 e. The van der Waals surface area contributed by atoms with E-state index in [4.69, 9.17) is 4.74 Å². The Bertz CT molecular complexity index is 297. The Labute approximate surface area is 105 Å². The van der Waals surface area contributed by atoms with Crippen LogP contribution in [0, 0.1) is 0 Å². The average Bonchev–Trinajstić information content (AvgIpc) is 2.38. The van der Waals surface area contributed by atoms with Gasteiger partial charge in [-0.2, -0.15) is 0 Å². The highest BCUT2D eigenvalue weighted by atomic mass is 16.5. The second-order valence-electron chi connectivity index (χ2n) is 4.41. The molecule has 0 aliphatic rings. The highest BCUT2D eigenvalue weighted by molar-refractivity contribution is 5.27. The Hall–Kier alpha value is -1.02. The Morgan fingerprint density at radius 1 is 1.06 bits per heavy atom. The highest BCUT2D eigenvalue weighted by Crippen LogP contribution is 2.14. The topological polar surface area (TPSA) is 29.1 Å². The first-order valence-corrected chi connectivity index (χ1v) is 6.66. The van der Waals surface area contributed by atoms with E-state index in [1.54, 1.807) is 0 Å². The third-order valence-corrected chi connectivity index (χ3v) is 2.83. The van der Waals surface area contributed by atoms with E-state index in [-0.39, 0.29) is 6.61 Å². The van der Waals surface area contributed by atoms with Crippen molar-refractivity contribution in [2.24, 2.45) is 0 Å². The van der Waals surface area contributed by atoms with Crippen molar-refractivity contribution in [3.8, 4) is 5.75 Å². The normalized spacial score (nSPS) is 10.5. The summed E-state index contributed by atoms with van der Waals surface area (Å²) in [4.78, 5) is 0. The molecule has 1 aromatic carbocycles. The molecule has 1 rings (SSSR count). The molecule has 2 heteroatoms. The summed E-state index contributed by atoms with van der Waals surface area (Å²) in [6.07, 6.45) is 7.61. The zero-order chi connectivity index (χ0) is 12.3. The number of unbranched alkanes of at least 4 members (excludes halogenated alkanes) is 5. The van der Waals surface area contributed by atoms with Crippen LogP contribution in [0.25, 0.3) is 0 Å². The maximum absolute atomic E-state index is 10.7. The van der Waals surface area contributed by atoms with Crippen LogP contribution in [0.4, 0.5) is 0 Å². The molecule has 2 nitrogen and oxygen atoms in total. The van der Waals surface area contributed by atoms with Gasteiger partial charge < -0.3 is 4.74 Å². The first-order valence-electron chi connectivity index (χ1n) is 6.66. The molecule has 0 aliphatic carbocycles. The van der Waals surface area contributed by atoms with Crippen LogP contribution < -0.4 is 4.74 Å². The fraction of sp³-hybridized carbons (Fsp3) is 0.600. The molecule has 95 valence electrons. The minimum absolute atomic E-state index is 0.172. The quantitative estimate of drug-likeness (QED) is 0.585. The van der Waals surface area contributed by atoms with Gasteiger partial charge in [-0.05, 0) is 24.1 Å². The molecule has 0 N–H and O–H groups in total. The van der Waals surface area contributed by atoms with Gasteiger partial charge in [-0.3, -0.25) is 0 Å². The molecule has 0 heterocycles. The van der Waals surface area contributed by atoms with Gasteiger partial charge in [0.2, 0.25) is 0 Å². The first-order chi connectivity index (χ1) is 8.36. The van der Waals surface area contributed by atoms with E-state index in [9.17, 15) is 5.11 Å². The molecule has 0 bridgehead atoms. The molecule has 0 saturated carbocycles. The molecule has 0 atom stereocenters. The van der Waals surface area contributed by atoms with E-state index in [0.717, 1.165) is 24.3 Å². The Morgan fingerprint density at radius 3 is 2.59 bits per heavy atom. The zero-order valence-corrected chi connectivity index (χ0v) is 10.8. The number of rotatable bonds is 9. The maximum atomic E-state index is 10.7. The van der Waals surface area contributed by atoms with E-state index in [2.05, 4.69) is 6.92 Å². The summed E-state index contributed by atoms with van der Waals surface area (Å²) >= 11 is 0. The van der Waals surface area contributed by atoms with Gasteiger partial charge in [0, 0.05) is 0 Å². The Balaban J connectivity index is 2.09. The molecular weight excluding hydrogens is 212 g/mol. The molecule has 0 spiro atoms. The van der Waals surface area contributed by atoms with Crippen LogP contribution in [0.2, 0.25) is 0 Å². The highest BCUT2D eigenvalue weighted by Gasteiger charge is 1.96. The predicted molar refractivity (Wildman–Crippen MR) is 69.7 cm³/mol. The fourth-order valence-corrected chi connectivity index (χ4v) is 1.80. The van der Waals surface area contributed by atoms with E-state index in [1.165, 1.54) is 32.1 Å². The molecule has 0 unspecified atom stereocenters. The van der Waals surface area contributed by atoms with E-state index < -0.39 is 0 Å². The fourth-order valence-electron chi connectivity index (χ4n) is 1.80. The standard InChI is InChI=1S/C15H23O2/c1-2-3-4-5-6-7-11-17-15-10-8-9-14(12-15)13-16/h8-10,12H,2-7,11,13H2,1H3. The number of hydrogen-bond donors (Lipinski definition) is 0. The van der Waals surface area contributed by atoms with Crippen molar-refractivity contribution in [3.63, 3.8) is 0 Å². The Kier molecular flexibility index (Phi) is 7.48. The van der Waals surface area contributed by atoms with Crippen LogP contribution in [-0.2, 0) is 11.7 Å². The van der Waals surface area contributed by atoms with Crippen LogP contribution in [0.15, 0.2) is 24.3 Å². The van der Waals surface area contributed by atoms with Crippen molar-refractivity contribution < 1.29 is 9.84 Å². The lowest BCUT2D eigenvalue weighted by atomic mass is 10.1. The molecule has 0 saturated heterocycles. The van der Waals surface area contributed by atoms with Crippen molar-refractivity contribution >= 4 is 0 Å². The zero-order valence-electron chi connectivity index (χ0n) is 10.8. The number of ether oxygens (including phenoxy) is 1. The van der Waals surface area contributed by atoms with Crippen LogP contribution in [0.3, 0.4) is 0 Å². The summed E-state index contributed by atoms with van der Waals surface area (Å²) in [7, 11) is 0. The largest absolute Gasteiger partial charge is 0.494 e. The Morgan fingerprint density at radius 2 is 1.82 bits per heavy atom. The van der Waals surface area contributed by atoms with Gasteiger partial charge in [-0.25, -0.2) is 5.11 Å². The second kappa shape index (κ2) is 9.06. The lowest BCUT2D eigenvalue weighted by Crippen LogP contribution is -1.97. The summed E-state index contributed by atoms with van der Waals surface area (Å²) < 4.78 is 5.62. The van der Waals surface area contributed by atoms with Gasteiger partial charge in [0.05, 0.1) is 6.61 Å². The van der Waals surface area contributed by atoms with Crippen LogP contribution in [-0.4, -0.2) is 6.61 Å². The van der Waals surface area contributed by atoms with Crippen molar-refractivity contribution in [2.45, 2.75) is 52.1 Å². The average molecular weight is 235 g/mol. The number of benzene rings is 1. The van der Waals surface area contributed by atoms with Gasteiger partial charge in [-0.15, -0.1) is 0 Å². The second-order valence-corrected chi connectivity index (χ2v) is 4.41. The predicted octanol–water partition coefficient (Wildman–Crippen LogP) is 4.36. The molecular formula is C15H23O2. The molecule has 0 fully saturated rings. The monoisotopic (exact) mass is 235 g/mol. The molecule has 0 aromatic heterocycles. The third-order valence-electron chi connectivity index (χ3n) is 2.83. The molecule has 1 aromatic rings. The van der Waals surface area contributed by atoms with E-state index >= 15 is 0 Å². The van der Waals surface area contributed by atoms with Crippen LogP contribution in [0.1, 0.15) is 51.0 Å². The van der Waals surface area contributed by atoms with Gasteiger partial charge in [0.25, 0.3) is 0 Å². The van der Waals surface area contributed by atoms with Gasteiger partial charge in [0.1, 0.15) is 12.4 Å². The van der Waals surface area contributed by atoms with Crippen molar-refractivity contribution in [2.75, 3.05) is 6.61 Å². The van der Waals surface area contributed by atoms with Crippen molar-refractivity contribution in [1.82, 2.24) is 0 Å². The molecule has 0 aliphatic heterocycles. The molecule has 0 amide bonds. The minimum Gasteiger partial charge on any atom is -0.494 e. The SMILES string of the molecule is CCCCCCCCOc1cccc(C[O])c1. The summed E-state index contributed by atoms with van der Waals surface area (Å²) in [5.74, 6) is 0.826. The van der Waals surface area contributed by atoms with Crippen LogP contribution >= 0.6 is 0 Å². The van der Waals surface area contributed by atoms with Crippen LogP contribution in [0.5, 0.6) is 5.75 Å². The summed E-state index contributed by atoms with van der Waals surface area (Å²) in [5, 5.41) is 10.7. The lowest BCUT2D eigenvalue weighted by molar-refractivity contribution is 0.177. The molecule has 1 radical (unpaired) electrons. The molecule has 17 heavy (non-hydrogen) atoms. The summed E-state index contributed by atoms with van der Waals surface area (Å²) in [5.41, 5.74) is 0.797. The third kappa shape index (κ3) is 6.32. The van der Waals surface area contributed by atoms with E-state index in [0.29, 0.717) is 0 Å².